The van der Waals surface area contributed by atoms with Gasteiger partial charge in [-0.15, -0.1) is 11.8 Å². The number of rotatable bonds is 2. The van der Waals surface area contributed by atoms with Crippen molar-refractivity contribution >= 4 is 28.9 Å². The Kier molecular flexibility index (Phi) is 11.7. The van der Waals surface area contributed by atoms with E-state index in [1.54, 1.807) is 0 Å². The summed E-state index contributed by atoms with van der Waals surface area (Å²) < 4.78 is 0. The Labute approximate surface area is 127 Å². The molecule has 0 spiro atoms. The minimum absolute atomic E-state index is 0. The molecule has 0 aromatic rings. The normalized spacial score (nSPS) is 18.2. The zero-order chi connectivity index (χ0) is 7.61. The van der Waals surface area contributed by atoms with E-state index in [1.165, 1.54) is 0 Å². The van der Waals surface area contributed by atoms with Gasteiger partial charge in [-0.05, 0) is 12.8 Å². The van der Waals surface area contributed by atoms with Crippen molar-refractivity contribution in [1.82, 2.24) is 0 Å². The number of hydrogen-bond acceptors (Lipinski definition) is 4. The first kappa shape index (κ1) is 17.3. The molecular weight excluding hydrogens is 233 g/mol. The molecule has 0 aromatic heterocycles. The van der Waals surface area contributed by atoms with Gasteiger partial charge in [0.1, 0.15) is 0 Å². The van der Waals surface area contributed by atoms with E-state index in [-0.39, 0.29) is 59.1 Å². The molecule has 0 amide bonds. The summed E-state index contributed by atoms with van der Waals surface area (Å²) in [6, 6.07) is 0. The SMILES string of the molecule is [Na+].[Na+].[O-]P([O-])(=S)SC1CCCC1. The van der Waals surface area contributed by atoms with Gasteiger partial charge in [0, 0.05) is 5.25 Å². The second kappa shape index (κ2) is 8.12. The second-order valence-corrected chi connectivity index (χ2v) is 8.44. The van der Waals surface area contributed by atoms with Gasteiger partial charge in [0.15, 0.2) is 0 Å². The third-order valence-electron chi connectivity index (χ3n) is 1.58. The van der Waals surface area contributed by atoms with Gasteiger partial charge in [-0.1, -0.05) is 12.8 Å². The molecule has 0 heterocycles. The quantitative estimate of drug-likeness (QED) is 0.358. The molecule has 0 bridgehead atoms. The van der Waals surface area contributed by atoms with Crippen LogP contribution in [0.5, 0.6) is 0 Å². The topological polar surface area (TPSA) is 46.1 Å². The molecule has 1 saturated carbocycles. The Bertz CT molecular complexity index is 158. The minimum Gasteiger partial charge on any atom is -0.825 e. The van der Waals surface area contributed by atoms with Gasteiger partial charge in [-0.25, -0.2) is 0 Å². The van der Waals surface area contributed by atoms with Crippen LogP contribution in [0.25, 0.3) is 0 Å². The monoisotopic (exact) mass is 242 g/mol. The van der Waals surface area contributed by atoms with Crippen LogP contribution in [0, 0.1) is 0 Å². The van der Waals surface area contributed by atoms with Crippen molar-refractivity contribution in [3.63, 3.8) is 0 Å². The summed E-state index contributed by atoms with van der Waals surface area (Å²) >= 11 is 5.26. The smallest absolute Gasteiger partial charge is 0.825 e. The molecule has 7 heteroatoms. The zero-order valence-corrected chi connectivity index (χ0v) is 14.0. The van der Waals surface area contributed by atoms with Crippen LogP contribution in [0.4, 0.5) is 0 Å². The molecule has 12 heavy (non-hydrogen) atoms. The van der Waals surface area contributed by atoms with Crippen molar-refractivity contribution in [1.29, 1.82) is 0 Å². The van der Waals surface area contributed by atoms with Crippen molar-refractivity contribution in [2.75, 3.05) is 0 Å². The molecule has 0 radical (unpaired) electrons. The molecule has 0 N–H and O–H groups in total. The minimum atomic E-state index is -3.46. The molecule has 1 aliphatic rings. The van der Waals surface area contributed by atoms with Crippen LogP contribution in [0.1, 0.15) is 25.7 Å². The third-order valence-corrected chi connectivity index (χ3v) is 5.05. The number of hydrogen-bond donors (Lipinski definition) is 0. The van der Waals surface area contributed by atoms with Gasteiger partial charge in [0.05, 0.1) is 0 Å². The van der Waals surface area contributed by atoms with E-state index < -0.39 is 5.69 Å². The third kappa shape index (κ3) is 8.25. The van der Waals surface area contributed by atoms with Gasteiger partial charge in [0.25, 0.3) is 0 Å². The molecule has 1 fully saturated rings. The van der Waals surface area contributed by atoms with Crippen LogP contribution in [-0.2, 0) is 11.8 Å². The van der Waals surface area contributed by atoms with Crippen LogP contribution in [0.15, 0.2) is 0 Å². The molecule has 0 atom stereocenters. The maximum absolute atomic E-state index is 10.6. The van der Waals surface area contributed by atoms with Crippen molar-refractivity contribution in [3.8, 4) is 0 Å². The molecule has 0 aliphatic heterocycles. The first-order valence-electron chi connectivity index (χ1n) is 3.28. The fourth-order valence-electron chi connectivity index (χ4n) is 1.18. The van der Waals surface area contributed by atoms with Gasteiger partial charge >= 0.3 is 59.1 Å². The van der Waals surface area contributed by atoms with Gasteiger partial charge < -0.3 is 9.79 Å². The maximum Gasteiger partial charge on any atom is 1.00 e. The van der Waals surface area contributed by atoms with Crippen LogP contribution in [0.3, 0.4) is 0 Å². The summed E-state index contributed by atoms with van der Waals surface area (Å²) in [7, 11) is 0. The largest absolute Gasteiger partial charge is 1.00 e. The average Bonchev–Trinajstić information content (AvgIpc) is 2.12. The fourth-order valence-corrected chi connectivity index (χ4v) is 4.91. The molecule has 0 aromatic carbocycles. The van der Waals surface area contributed by atoms with Gasteiger partial charge in [0.2, 0.25) is 0 Å². The summed E-state index contributed by atoms with van der Waals surface area (Å²) in [6.07, 6.45) is 4.36. The molecule has 60 valence electrons. The summed E-state index contributed by atoms with van der Waals surface area (Å²) in [5.74, 6) is 0. The van der Waals surface area contributed by atoms with Gasteiger partial charge in [-0.3, -0.25) is 0 Å². The summed E-state index contributed by atoms with van der Waals surface area (Å²) in [5, 5.41) is 0.292. The van der Waals surface area contributed by atoms with E-state index in [2.05, 4.69) is 11.8 Å². The molecule has 0 saturated heterocycles. The maximum atomic E-state index is 10.6. The van der Waals surface area contributed by atoms with Crippen LogP contribution in [0.2, 0.25) is 0 Å². The standard InChI is InChI=1S/C5H11O2PS2.2Na/c6-8(7,9)10-5-3-1-2-4-5;;/h5H,1-4H2,(H2,6,7,9);;/q;2*+1/p-2. The Morgan fingerprint density at radius 3 is 1.92 bits per heavy atom. The summed E-state index contributed by atoms with van der Waals surface area (Å²) in [5.41, 5.74) is -3.46. The molecule has 2 nitrogen and oxygen atoms in total. The molecule has 1 aliphatic carbocycles. The molecule has 0 unspecified atom stereocenters. The van der Waals surface area contributed by atoms with E-state index in [9.17, 15) is 9.79 Å². The predicted octanol–water partition coefficient (Wildman–Crippen LogP) is -5.38. The van der Waals surface area contributed by atoms with E-state index in [0.717, 1.165) is 37.1 Å². The first-order valence-corrected chi connectivity index (χ1v) is 7.41. The van der Waals surface area contributed by atoms with E-state index in [0.29, 0.717) is 5.25 Å². The fraction of sp³-hybridized carbons (Fsp3) is 1.00. The van der Waals surface area contributed by atoms with Gasteiger partial charge in [-0.2, -0.15) is 17.1 Å². The van der Waals surface area contributed by atoms with Crippen molar-refractivity contribution in [3.05, 3.63) is 0 Å². The first-order chi connectivity index (χ1) is 4.58. The Hall–Kier alpha value is 2.92. The van der Waals surface area contributed by atoms with Crippen molar-refractivity contribution in [2.45, 2.75) is 30.9 Å². The van der Waals surface area contributed by atoms with Crippen LogP contribution in [-0.4, -0.2) is 5.25 Å². The average molecular weight is 242 g/mol. The summed E-state index contributed by atoms with van der Waals surface area (Å²) in [4.78, 5) is 21.2. The van der Waals surface area contributed by atoms with Crippen LogP contribution >= 0.6 is 17.1 Å². The Morgan fingerprint density at radius 1 is 1.17 bits per heavy atom. The molecular formula is C5H9Na2O2PS2. The summed E-state index contributed by atoms with van der Waals surface area (Å²) in [6.45, 7) is 0. The Morgan fingerprint density at radius 2 is 1.58 bits per heavy atom. The predicted molar refractivity (Wildman–Crippen MR) is 44.1 cm³/mol. The second-order valence-electron chi connectivity index (χ2n) is 2.46. The van der Waals surface area contributed by atoms with Crippen molar-refractivity contribution < 1.29 is 68.9 Å². The van der Waals surface area contributed by atoms with E-state index in [1.807, 2.05) is 0 Å². The van der Waals surface area contributed by atoms with E-state index in [4.69, 9.17) is 0 Å². The van der Waals surface area contributed by atoms with Crippen LogP contribution < -0.4 is 68.9 Å². The zero-order valence-electron chi connectivity index (χ0n) is 7.49. The molecule has 1 rings (SSSR count). The Balaban J connectivity index is 0. The van der Waals surface area contributed by atoms with Crippen molar-refractivity contribution in [2.24, 2.45) is 0 Å². The van der Waals surface area contributed by atoms with E-state index >= 15 is 0 Å².